The molecule has 9 rings (SSSR count). The molecule has 46 heavy (non-hydrogen) atoms. The fourth-order valence-corrected chi connectivity index (χ4v) is 10.0. The normalized spacial score (nSPS) is 18.5. The molecule has 3 aliphatic carbocycles. The molecule has 4 aliphatic rings. The van der Waals surface area contributed by atoms with Gasteiger partial charge in [0, 0.05) is 69.8 Å². The second kappa shape index (κ2) is 10.8. The maximum atomic E-state index is 3.99. The molecular weight excluding hydrogens is 597 g/mol. The zero-order valence-corrected chi connectivity index (χ0v) is 27.7. The number of allylic oxidation sites excluding steroid dienone is 10. The first-order valence-electron chi connectivity index (χ1n) is 16.1. The minimum Gasteiger partial charge on any atom is -0.358 e. The Morgan fingerprint density at radius 3 is 2.78 bits per heavy atom. The molecule has 0 spiro atoms. The number of H-pyrrole nitrogens is 1. The minimum absolute atomic E-state index is 0.457. The number of hydrogen-bond donors (Lipinski definition) is 1. The van der Waals surface area contributed by atoms with Crippen LogP contribution in [-0.4, -0.2) is 4.98 Å². The van der Waals surface area contributed by atoms with Gasteiger partial charge in [0.2, 0.25) is 0 Å². The van der Waals surface area contributed by atoms with Crippen LogP contribution in [0.5, 0.6) is 0 Å². The number of thiophene rings is 1. The van der Waals surface area contributed by atoms with Crippen LogP contribution in [0.2, 0.25) is 0 Å². The Balaban J connectivity index is 1.34. The lowest BCUT2D eigenvalue weighted by atomic mass is 9.82. The number of fused-ring (bicyclic) bond motifs is 9. The third kappa shape index (κ3) is 4.17. The topological polar surface area (TPSA) is 19.0 Å². The van der Waals surface area contributed by atoms with Crippen molar-refractivity contribution in [3.8, 4) is 0 Å². The molecule has 3 aromatic carbocycles. The number of nitrogens with zero attached hydrogens (tertiary/aromatic N) is 1. The first-order valence-corrected chi connectivity index (χ1v) is 17.8. The summed E-state index contributed by atoms with van der Waals surface area (Å²) in [6, 6.07) is 20.2. The van der Waals surface area contributed by atoms with Crippen molar-refractivity contribution in [3.63, 3.8) is 0 Å². The Bertz CT molecular complexity index is 2310. The molecule has 5 aromatic rings. The average molecular weight is 631 g/mol. The summed E-state index contributed by atoms with van der Waals surface area (Å²) < 4.78 is 2.66. The lowest BCUT2D eigenvalue weighted by molar-refractivity contribution is 0.742. The number of benzene rings is 3. The quantitative estimate of drug-likeness (QED) is 0.199. The molecule has 1 unspecified atom stereocenters. The molecule has 2 aromatic heterocycles. The molecule has 0 fully saturated rings. The number of aromatic nitrogens is 1. The highest BCUT2D eigenvalue weighted by atomic mass is 32.2. The number of hydrogen-bond acceptors (Lipinski definition) is 3. The van der Waals surface area contributed by atoms with Gasteiger partial charge < -0.3 is 9.88 Å². The largest absolute Gasteiger partial charge is 0.358 e. The molecular formula is C42H34N2S2. The van der Waals surface area contributed by atoms with Gasteiger partial charge in [-0.3, -0.25) is 0 Å². The number of rotatable bonds is 4. The van der Waals surface area contributed by atoms with Gasteiger partial charge >= 0.3 is 0 Å². The van der Waals surface area contributed by atoms with Crippen molar-refractivity contribution in [1.29, 1.82) is 0 Å². The van der Waals surface area contributed by atoms with E-state index in [0.29, 0.717) is 5.92 Å². The van der Waals surface area contributed by atoms with Gasteiger partial charge in [-0.15, -0.1) is 11.3 Å². The monoisotopic (exact) mass is 630 g/mol. The third-order valence-corrected chi connectivity index (χ3v) is 12.3. The van der Waals surface area contributed by atoms with Gasteiger partial charge in [-0.05, 0) is 85.7 Å². The second-order valence-corrected chi connectivity index (χ2v) is 14.7. The maximum Gasteiger partial charge on any atom is 0.0697 e. The average Bonchev–Trinajstić information content (AvgIpc) is 3.64. The Morgan fingerprint density at radius 1 is 1.02 bits per heavy atom. The van der Waals surface area contributed by atoms with Crippen molar-refractivity contribution < 1.29 is 0 Å². The van der Waals surface area contributed by atoms with Crippen LogP contribution in [0.25, 0.3) is 31.8 Å². The fraction of sp³-hybridized carbons (Fsp3) is 0.143. The standard InChI is InChI=1S/C42H34N2S2/c1-4-5-20-36-26(3)44(35-19-10-6-13-25(35)2)41-39-31-16-9-11-21-37(31)45-38(39)24-33(42(41)46-36)30-18-12-17-29-32-22-27-14-7-8-15-28(27)23-34(32)43-40(29)30/h4-11,13-16,18-22,24,28,43H,1,12,17,23H2,2-3H3/b20-5-. The molecule has 1 aliphatic heterocycles. The molecule has 2 nitrogen and oxygen atoms in total. The highest BCUT2D eigenvalue weighted by molar-refractivity contribution is 8.03. The van der Waals surface area contributed by atoms with E-state index in [4.69, 9.17) is 0 Å². The number of para-hydroxylation sites is 1. The van der Waals surface area contributed by atoms with Crippen molar-refractivity contribution in [1.82, 2.24) is 4.98 Å². The summed E-state index contributed by atoms with van der Waals surface area (Å²) >= 11 is 3.82. The van der Waals surface area contributed by atoms with E-state index in [9.17, 15) is 0 Å². The summed E-state index contributed by atoms with van der Waals surface area (Å²) in [7, 11) is 0. The zero-order valence-electron chi connectivity index (χ0n) is 26.1. The Hall–Kier alpha value is -4.51. The van der Waals surface area contributed by atoms with Gasteiger partial charge in [0.1, 0.15) is 0 Å². The van der Waals surface area contributed by atoms with Crippen molar-refractivity contribution >= 4 is 66.3 Å². The molecule has 1 atom stereocenters. The molecule has 0 radical (unpaired) electrons. The first kappa shape index (κ1) is 27.8. The lowest BCUT2D eigenvalue weighted by Crippen LogP contribution is -2.21. The fourth-order valence-electron chi connectivity index (χ4n) is 7.72. The van der Waals surface area contributed by atoms with Crippen LogP contribution in [0.4, 0.5) is 11.4 Å². The van der Waals surface area contributed by atoms with Crippen LogP contribution in [0, 0.1) is 12.8 Å². The van der Waals surface area contributed by atoms with Crippen molar-refractivity contribution in [2.45, 2.75) is 38.0 Å². The summed E-state index contributed by atoms with van der Waals surface area (Å²) in [5.41, 5.74) is 14.7. The van der Waals surface area contributed by atoms with Crippen molar-refractivity contribution in [3.05, 3.63) is 160 Å². The van der Waals surface area contributed by atoms with E-state index in [1.54, 1.807) is 0 Å². The lowest BCUT2D eigenvalue weighted by Gasteiger charge is -2.36. The number of thioether (sulfide) groups is 1. The molecule has 4 heteroatoms. The minimum atomic E-state index is 0.457. The van der Waals surface area contributed by atoms with E-state index in [1.807, 2.05) is 29.2 Å². The van der Waals surface area contributed by atoms with Crippen LogP contribution < -0.4 is 4.90 Å². The predicted octanol–water partition coefficient (Wildman–Crippen LogP) is 12.0. The maximum absolute atomic E-state index is 3.99. The summed E-state index contributed by atoms with van der Waals surface area (Å²) in [4.78, 5) is 9.09. The highest BCUT2D eigenvalue weighted by Crippen LogP contribution is 2.57. The second-order valence-electron chi connectivity index (χ2n) is 12.6. The molecule has 0 saturated heterocycles. The smallest absolute Gasteiger partial charge is 0.0697 e. The Kier molecular flexibility index (Phi) is 6.52. The van der Waals surface area contributed by atoms with E-state index in [-0.39, 0.29) is 0 Å². The van der Waals surface area contributed by atoms with Crippen molar-refractivity contribution in [2.24, 2.45) is 5.92 Å². The van der Waals surface area contributed by atoms with Gasteiger partial charge in [-0.1, -0.05) is 97.3 Å². The number of aromatic amines is 1. The van der Waals surface area contributed by atoms with E-state index in [1.165, 1.54) is 91.8 Å². The van der Waals surface area contributed by atoms with Crippen molar-refractivity contribution in [2.75, 3.05) is 4.90 Å². The molecule has 1 N–H and O–H groups in total. The first-order chi connectivity index (χ1) is 22.6. The molecule has 224 valence electrons. The highest BCUT2D eigenvalue weighted by Gasteiger charge is 2.34. The van der Waals surface area contributed by atoms with E-state index in [0.717, 1.165) is 19.3 Å². The van der Waals surface area contributed by atoms with Gasteiger partial charge in [0.05, 0.1) is 5.69 Å². The van der Waals surface area contributed by atoms with Gasteiger partial charge in [0.15, 0.2) is 0 Å². The molecule has 3 heterocycles. The Morgan fingerprint density at radius 2 is 1.89 bits per heavy atom. The number of aryl methyl sites for hydroxylation is 1. The summed E-state index contributed by atoms with van der Waals surface area (Å²) in [5.74, 6) is 0.457. The number of anilines is 2. The van der Waals surface area contributed by atoms with Gasteiger partial charge in [-0.2, -0.15) is 0 Å². The molecule has 0 amide bonds. The number of nitrogens with one attached hydrogen (secondary N) is 1. The van der Waals surface area contributed by atoms with E-state index in [2.05, 4.69) is 134 Å². The summed E-state index contributed by atoms with van der Waals surface area (Å²) in [5, 5.41) is 2.67. The van der Waals surface area contributed by atoms with Crippen LogP contribution >= 0.6 is 23.1 Å². The van der Waals surface area contributed by atoms with Crippen LogP contribution in [-0.2, 0) is 12.8 Å². The van der Waals surface area contributed by atoms with Gasteiger partial charge in [-0.25, -0.2) is 0 Å². The van der Waals surface area contributed by atoms with Crippen LogP contribution in [0.15, 0.2) is 131 Å². The summed E-state index contributed by atoms with van der Waals surface area (Å²) in [6.07, 6.45) is 23.3. The van der Waals surface area contributed by atoms with E-state index < -0.39 is 0 Å². The van der Waals surface area contributed by atoms with Gasteiger partial charge in [0.25, 0.3) is 0 Å². The third-order valence-electron chi connectivity index (χ3n) is 9.90. The predicted molar refractivity (Wildman–Crippen MR) is 200 cm³/mol. The molecule has 0 saturated carbocycles. The summed E-state index contributed by atoms with van der Waals surface area (Å²) in [6.45, 7) is 8.49. The Labute approximate surface area is 278 Å². The SMILES string of the molecule is C=C/C=C\C1=C(C)N(c2ccccc2C)c2c(c(C3=CCCc4c3[nH]c3c4C=C4C=CC=CC4C3)cc3sc4ccccc4c23)S1. The zero-order chi connectivity index (χ0) is 30.9. The van der Waals surface area contributed by atoms with E-state index >= 15 is 0 Å². The van der Waals surface area contributed by atoms with Crippen LogP contribution in [0.1, 0.15) is 47.0 Å². The molecule has 0 bridgehead atoms. The van der Waals surface area contributed by atoms with Crippen LogP contribution in [0.3, 0.4) is 0 Å².